The van der Waals surface area contributed by atoms with Crippen molar-refractivity contribution in [3.05, 3.63) is 17.8 Å². The zero-order valence-corrected chi connectivity index (χ0v) is 12.1. The predicted molar refractivity (Wildman–Crippen MR) is 80.5 cm³/mol. The number of nitrogens with one attached hydrogen (secondary N) is 1. The SMILES string of the molecule is CC(C)N1CCC(CNc2ncc(N)cc2C(N)=O)C1. The van der Waals surface area contributed by atoms with Gasteiger partial charge in [0.15, 0.2) is 0 Å². The van der Waals surface area contributed by atoms with Gasteiger partial charge in [0, 0.05) is 19.1 Å². The largest absolute Gasteiger partial charge is 0.397 e. The lowest BCUT2D eigenvalue weighted by atomic mass is 10.1. The maximum atomic E-state index is 11.4. The zero-order valence-electron chi connectivity index (χ0n) is 12.1. The number of anilines is 2. The number of rotatable bonds is 5. The van der Waals surface area contributed by atoms with E-state index in [0.29, 0.717) is 29.0 Å². The van der Waals surface area contributed by atoms with Gasteiger partial charge in [-0.1, -0.05) is 0 Å². The van der Waals surface area contributed by atoms with Crippen LogP contribution in [0.4, 0.5) is 11.5 Å². The molecule has 1 aliphatic rings. The van der Waals surface area contributed by atoms with Crippen LogP contribution in [-0.2, 0) is 0 Å². The smallest absolute Gasteiger partial charge is 0.252 e. The molecule has 1 aromatic heterocycles. The molecule has 1 aliphatic heterocycles. The Morgan fingerprint density at radius 3 is 2.95 bits per heavy atom. The third-order valence-electron chi connectivity index (χ3n) is 3.78. The third-order valence-corrected chi connectivity index (χ3v) is 3.78. The predicted octanol–water partition coefficient (Wildman–Crippen LogP) is 0.905. The lowest BCUT2D eigenvalue weighted by molar-refractivity contribution is 0.100. The van der Waals surface area contributed by atoms with E-state index in [0.717, 1.165) is 26.1 Å². The molecule has 0 radical (unpaired) electrons. The summed E-state index contributed by atoms with van der Waals surface area (Å²) in [6.45, 7) is 7.42. The molecular weight excluding hydrogens is 254 g/mol. The number of nitrogen functional groups attached to an aromatic ring is 1. The summed E-state index contributed by atoms with van der Waals surface area (Å²) in [6.07, 6.45) is 2.69. The van der Waals surface area contributed by atoms with Gasteiger partial charge in [-0.25, -0.2) is 4.98 Å². The van der Waals surface area contributed by atoms with Crippen molar-refractivity contribution in [1.82, 2.24) is 9.88 Å². The Balaban J connectivity index is 1.96. The molecule has 20 heavy (non-hydrogen) atoms. The Kier molecular flexibility index (Phi) is 4.44. The molecule has 2 heterocycles. The number of likely N-dealkylation sites (tertiary alicyclic amines) is 1. The number of nitrogens with two attached hydrogens (primary N) is 2. The number of primary amides is 1. The minimum atomic E-state index is -0.512. The van der Waals surface area contributed by atoms with E-state index >= 15 is 0 Å². The van der Waals surface area contributed by atoms with Crippen LogP contribution in [-0.4, -0.2) is 41.5 Å². The molecule has 1 unspecified atom stereocenters. The van der Waals surface area contributed by atoms with Crippen molar-refractivity contribution in [3.8, 4) is 0 Å². The van der Waals surface area contributed by atoms with E-state index in [2.05, 4.69) is 29.0 Å². The lowest BCUT2D eigenvalue weighted by Crippen LogP contribution is -2.29. The highest BCUT2D eigenvalue weighted by Crippen LogP contribution is 2.20. The molecule has 0 aliphatic carbocycles. The van der Waals surface area contributed by atoms with Crippen LogP contribution in [0.2, 0.25) is 0 Å². The lowest BCUT2D eigenvalue weighted by Gasteiger charge is -2.20. The van der Waals surface area contributed by atoms with E-state index in [9.17, 15) is 4.79 Å². The fourth-order valence-electron chi connectivity index (χ4n) is 2.55. The average molecular weight is 277 g/mol. The minimum Gasteiger partial charge on any atom is -0.397 e. The second kappa shape index (κ2) is 6.09. The Morgan fingerprint density at radius 2 is 2.35 bits per heavy atom. The molecule has 6 nitrogen and oxygen atoms in total. The van der Waals surface area contributed by atoms with E-state index in [1.807, 2.05) is 0 Å². The second-order valence-corrected chi connectivity index (χ2v) is 5.65. The standard InChI is InChI=1S/C14H23N5O/c1-9(2)19-4-3-10(8-19)6-17-14-12(13(16)20)5-11(15)7-18-14/h5,7,9-10H,3-4,6,8,15H2,1-2H3,(H2,16,20)(H,17,18). The number of carbonyl (C=O) groups excluding carboxylic acids is 1. The van der Waals surface area contributed by atoms with Gasteiger partial charge in [-0.3, -0.25) is 4.79 Å². The first kappa shape index (κ1) is 14.6. The Bertz CT molecular complexity index is 488. The first-order chi connectivity index (χ1) is 9.47. The fraction of sp³-hybridized carbons (Fsp3) is 0.571. The van der Waals surface area contributed by atoms with Crippen LogP contribution in [0.25, 0.3) is 0 Å². The van der Waals surface area contributed by atoms with Gasteiger partial charge in [0.25, 0.3) is 5.91 Å². The Labute approximate surface area is 119 Å². The second-order valence-electron chi connectivity index (χ2n) is 5.65. The van der Waals surface area contributed by atoms with Crippen LogP contribution < -0.4 is 16.8 Å². The molecule has 1 atom stereocenters. The summed E-state index contributed by atoms with van der Waals surface area (Å²) < 4.78 is 0. The van der Waals surface area contributed by atoms with Gasteiger partial charge in [-0.2, -0.15) is 0 Å². The highest BCUT2D eigenvalue weighted by atomic mass is 16.1. The normalized spacial score (nSPS) is 19.4. The molecule has 1 fully saturated rings. The maximum absolute atomic E-state index is 11.4. The molecule has 0 spiro atoms. The molecule has 1 amide bonds. The molecule has 0 saturated carbocycles. The minimum absolute atomic E-state index is 0.351. The quantitative estimate of drug-likeness (QED) is 0.743. The van der Waals surface area contributed by atoms with Gasteiger partial charge in [0.05, 0.1) is 17.4 Å². The highest BCUT2D eigenvalue weighted by Gasteiger charge is 2.24. The monoisotopic (exact) mass is 277 g/mol. The van der Waals surface area contributed by atoms with Crippen molar-refractivity contribution in [2.75, 3.05) is 30.7 Å². The summed E-state index contributed by atoms with van der Waals surface area (Å²) >= 11 is 0. The van der Waals surface area contributed by atoms with Crippen LogP contribution in [0.5, 0.6) is 0 Å². The van der Waals surface area contributed by atoms with Crippen molar-refractivity contribution in [2.45, 2.75) is 26.3 Å². The number of nitrogens with zero attached hydrogens (tertiary/aromatic N) is 2. The van der Waals surface area contributed by atoms with Crippen LogP contribution in [0.1, 0.15) is 30.6 Å². The number of hydrogen-bond donors (Lipinski definition) is 3. The fourth-order valence-corrected chi connectivity index (χ4v) is 2.55. The summed E-state index contributed by atoms with van der Waals surface area (Å²) in [5, 5.41) is 3.23. The molecule has 2 rings (SSSR count). The number of amides is 1. The van der Waals surface area contributed by atoms with Crippen LogP contribution in [0.3, 0.4) is 0 Å². The van der Waals surface area contributed by atoms with Gasteiger partial charge >= 0.3 is 0 Å². The van der Waals surface area contributed by atoms with E-state index in [-0.39, 0.29) is 0 Å². The van der Waals surface area contributed by atoms with Crippen molar-refractivity contribution in [1.29, 1.82) is 0 Å². The van der Waals surface area contributed by atoms with E-state index in [4.69, 9.17) is 11.5 Å². The molecule has 1 saturated heterocycles. The average Bonchev–Trinajstić information content (AvgIpc) is 2.86. The van der Waals surface area contributed by atoms with Gasteiger partial charge < -0.3 is 21.7 Å². The maximum Gasteiger partial charge on any atom is 0.252 e. The molecule has 0 bridgehead atoms. The topological polar surface area (TPSA) is 97.3 Å². The summed E-state index contributed by atoms with van der Waals surface area (Å²) in [4.78, 5) is 18.0. The number of aromatic nitrogens is 1. The van der Waals surface area contributed by atoms with Gasteiger partial charge in [0.2, 0.25) is 0 Å². The first-order valence-corrected chi connectivity index (χ1v) is 7.00. The third kappa shape index (κ3) is 3.39. The van der Waals surface area contributed by atoms with Crippen molar-refractivity contribution in [3.63, 3.8) is 0 Å². The summed E-state index contributed by atoms with van der Waals surface area (Å²) in [7, 11) is 0. The number of pyridine rings is 1. The van der Waals surface area contributed by atoms with Gasteiger partial charge in [0.1, 0.15) is 5.82 Å². The van der Waals surface area contributed by atoms with Crippen molar-refractivity contribution in [2.24, 2.45) is 11.7 Å². The molecular formula is C14H23N5O. The Morgan fingerprint density at radius 1 is 1.60 bits per heavy atom. The van der Waals surface area contributed by atoms with E-state index in [1.165, 1.54) is 6.20 Å². The van der Waals surface area contributed by atoms with Crippen LogP contribution in [0, 0.1) is 5.92 Å². The van der Waals surface area contributed by atoms with E-state index in [1.54, 1.807) is 6.07 Å². The first-order valence-electron chi connectivity index (χ1n) is 7.00. The Hall–Kier alpha value is -1.82. The van der Waals surface area contributed by atoms with Crippen molar-refractivity contribution >= 4 is 17.4 Å². The van der Waals surface area contributed by atoms with Crippen LogP contribution in [0.15, 0.2) is 12.3 Å². The van der Waals surface area contributed by atoms with Gasteiger partial charge in [-0.15, -0.1) is 0 Å². The van der Waals surface area contributed by atoms with E-state index < -0.39 is 5.91 Å². The zero-order chi connectivity index (χ0) is 14.7. The molecule has 5 N–H and O–H groups in total. The molecule has 6 heteroatoms. The number of hydrogen-bond acceptors (Lipinski definition) is 5. The van der Waals surface area contributed by atoms with Crippen LogP contribution >= 0.6 is 0 Å². The van der Waals surface area contributed by atoms with Crippen molar-refractivity contribution < 1.29 is 4.79 Å². The molecule has 0 aromatic carbocycles. The highest BCUT2D eigenvalue weighted by molar-refractivity contribution is 5.98. The molecule has 1 aromatic rings. The number of carbonyl (C=O) groups is 1. The summed E-state index contributed by atoms with van der Waals surface area (Å²) in [5.41, 5.74) is 11.8. The van der Waals surface area contributed by atoms with Gasteiger partial charge in [-0.05, 0) is 38.8 Å². The summed E-state index contributed by atoms with van der Waals surface area (Å²) in [5.74, 6) is 0.578. The summed E-state index contributed by atoms with van der Waals surface area (Å²) in [6, 6.07) is 2.14. The molecule has 110 valence electrons.